The molecule has 0 aliphatic heterocycles. The average molecular weight is 311 g/mol. The standard InChI is InChI=1S/C17H17N3OS/c18-14-3-5-15(6-4-14)21-11-1-2-17-20-16(12-22-17)13-7-9-19-10-8-13/h3-10,12H,1-2,11,18H2. The molecule has 0 fully saturated rings. The zero-order valence-corrected chi connectivity index (χ0v) is 12.9. The molecule has 0 radical (unpaired) electrons. The Kier molecular flexibility index (Phi) is 4.65. The van der Waals surface area contributed by atoms with Crippen LogP contribution in [0.1, 0.15) is 11.4 Å². The molecule has 2 N–H and O–H groups in total. The highest BCUT2D eigenvalue weighted by Crippen LogP contribution is 2.22. The van der Waals surface area contributed by atoms with Crippen LogP contribution in [0.25, 0.3) is 11.3 Å². The largest absolute Gasteiger partial charge is 0.494 e. The summed E-state index contributed by atoms with van der Waals surface area (Å²) in [4.78, 5) is 8.68. The number of aromatic nitrogens is 2. The van der Waals surface area contributed by atoms with E-state index in [4.69, 9.17) is 10.5 Å². The Balaban J connectivity index is 1.48. The smallest absolute Gasteiger partial charge is 0.119 e. The molecule has 3 rings (SSSR count). The quantitative estimate of drug-likeness (QED) is 0.555. The second-order valence-corrected chi connectivity index (χ2v) is 5.83. The zero-order chi connectivity index (χ0) is 15.2. The van der Waals surface area contributed by atoms with Crippen molar-refractivity contribution >= 4 is 17.0 Å². The van der Waals surface area contributed by atoms with Gasteiger partial charge in [-0.3, -0.25) is 4.98 Å². The first-order chi connectivity index (χ1) is 10.8. The fraction of sp³-hybridized carbons (Fsp3) is 0.176. The van der Waals surface area contributed by atoms with Crippen LogP contribution in [0.2, 0.25) is 0 Å². The zero-order valence-electron chi connectivity index (χ0n) is 12.1. The van der Waals surface area contributed by atoms with Gasteiger partial charge in [0.15, 0.2) is 0 Å². The monoisotopic (exact) mass is 311 g/mol. The summed E-state index contributed by atoms with van der Waals surface area (Å²) in [5.74, 6) is 0.853. The van der Waals surface area contributed by atoms with Crippen LogP contribution in [0.3, 0.4) is 0 Å². The van der Waals surface area contributed by atoms with E-state index < -0.39 is 0 Å². The molecule has 112 valence electrons. The number of rotatable bonds is 6. The molecular weight excluding hydrogens is 294 g/mol. The van der Waals surface area contributed by atoms with Crippen molar-refractivity contribution in [3.63, 3.8) is 0 Å². The highest BCUT2D eigenvalue weighted by Gasteiger charge is 2.04. The van der Waals surface area contributed by atoms with Crippen LogP contribution < -0.4 is 10.5 Å². The molecule has 0 unspecified atom stereocenters. The fourth-order valence-electron chi connectivity index (χ4n) is 2.06. The lowest BCUT2D eigenvalue weighted by Crippen LogP contribution is -1.99. The fourth-order valence-corrected chi connectivity index (χ4v) is 2.91. The van der Waals surface area contributed by atoms with Gasteiger partial charge in [0, 0.05) is 35.4 Å². The number of ether oxygens (including phenoxy) is 1. The van der Waals surface area contributed by atoms with Crippen molar-refractivity contribution in [3.8, 4) is 17.0 Å². The van der Waals surface area contributed by atoms with Crippen LogP contribution >= 0.6 is 11.3 Å². The van der Waals surface area contributed by atoms with Gasteiger partial charge in [0.25, 0.3) is 0 Å². The Hall–Kier alpha value is -2.40. The lowest BCUT2D eigenvalue weighted by atomic mass is 10.2. The molecule has 2 aromatic heterocycles. The number of nitrogens with zero attached hydrogens (tertiary/aromatic N) is 2. The number of pyridine rings is 1. The van der Waals surface area contributed by atoms with Gasteiger partial charge in [0.2, 0.25) is 0 Å². The summed E-state index contributed by atoms with van der Waals surface area (Å²) in [6.45, 7) is 0.675. The number of aryl methyl sites for hydroxylation is 1. The van der Waals surface area contributed by atoms with E-state index in [9.17, 15) is 0 Å². The van der Waals surface area contributed by atoms with Crippen molar-refractivity contribution in [2.75, 3.05) is 12.3 Å². The molecule has 5 heteroatoms. The van der Waals surface area contributed by atoms with Crippen LogP contribution in [-0.2, 0) is 6.42 Å². The van der Waals surface area contributed by atoms with Gasteiger partial charge in [0.05, 0.1) is 17.3 Å². The summed E-state index contributed by atoms with van der Waals surface area (Å²) < 4.78 is 5.69. The number of hydrogen-bond donors (Lipinski definition) is 1. The number of anilines is 1. The summed E-state index contributed by atoms with van der Waals surface area (Å²) in [5, 5.41) is 3.22. The van der Waals surface area contributed by atoms with E-state index in [1.165, 1.54) is 0 Å². The number of hydrogen-bond acceptors (Lipinski definition) is 5. The van der Waals surface area contributed by atoms with Crippen LogP contribution in [0, 0.1) is 0 Å². The van der Waals surface area contributed by atoms with Gasteiger partial charge < -0.3 is 10.5 Å². The number of benzene rings is 1. The van der Waals surface area contributed by atoms with Crippen LogP contribution in [-0.4, -0.2) is 16.6 Å². The molecule has 0 amide bonds. The molecule has 0 aliphatic rings. The molecule has 0 saturated carbocycles. The van der Waals surface area contributed by atoms with Crippen molar-refractivity contribution in [1.29, 1.82) is 0 Å². The lowest BCUT2D eigenvalue weighted by Gasteiger charge is -2.05. The van der Waals surface area contributed by atoms with Gasteiger partial charge in [-0.25, -0.2) is 4.98 Å². The van der Waals surface area contributed by atoms with Crippen molar-refractivity contribution in [2.45, 2.75) is 12.8 Å². The van der Waals surface area contributed by atoms with Crippen molar-refractivity contribution < 1.29 is 4.74 Å². The van der Waals surface area contributed by atoms with Gasteiger partial charge in [-0.15, -0.1) is 11.3 Å². The van der Waals surface area contributed by atoms with Crippen LogP contribution in [0.5, 0.6) is 5.75 Å². The third kappa shape index (κ3) is 3.83. The number of nitrogen functional groups attached to an aromatic ring is 1. The summed E-state index contributed by atoms with van der Waals surface area (Å²) in [7, 11) is 0. The second kappa shape index (κ2) is 7.04. The molecule has 22 heavy (non-hydrogen) atoms. The van der Waals surface area contributed by atoms with Gasteiger partial charge in [0.1, 0.15) is 5.75 Å². The van der Waals surface area contributed by atoms with E-state index in [1.807, 2.05) is 36.4 Å². The summed E-state index contributed by atoms with van der Waals surface area (Å²) >= 11 is 1.69. The number of thiazole rings is 1. The first-order valence-electron chi connectivity index (χ1n) is 7.14. The first kappa shape index (κ1) is 14.5. The lowest BCUT2D eigenvalue weighted by molar-refractivity contribution is 0.311. The van der Waals surface area contributed by atoms with E-state index in [0.29, 0.717) is 6.61 Å². The Labute approximate surface area is 133 Å². The summed E-state index contributed by atoms with van der Waals surface area (Å²) in [6, 6.07) is 11.4. The van der Waals surface area contributed by atoms with Gasteiger partial charge >= 0.3 is 0 Å². The summed E-state index contributed by atoms with van der Waals surface area (Å²) in [6.07, 6.45) is 5.43. The molecule has 0 spiro atoms. The van der Waals surface area contributed by atoms with Crippen LogP contribution in [0.15, 0.2) is 54.2 Å². The normalized spacial score (nSPS) is 10.5. The minimum absolute atomic E-state index is 0.675. The maximum atomic E-state index is 5.69. The minimum Gasteiger partial charge on any atom is -0.494 e. The third-order valence-electron chi connectivity index (χ3n) is 3.21. The molecule has 4 nitrogen and oxygen atoms in total. The molecule has 1 aromatic carbocycles. The van der Waals surface area contributed by atoms with E-state index in [-0.39, 0.29) is 0 Å². The van der Waals surface area contributed by atoms with Crippen molar-refractivity contribution in [2.24, 2.45) is 0 Å². The third-order valence-corrected chi connectivity index (χ3v) is 4.12. The van der Waals surface area contributed by atoms with E-state index in [2.05, 4.69) is 15.3 Å². The first-order valence-corrected chi connectivity index (χ1v) is 8.02. The molecular formula is C17H17N3OS. The Morgan fingerprint density at radius 3 is 2.59 bits per heavy atom. The minimum atomic E-state index is 0.675. The maximum absolute atomic E-state index is 5.69. The number of nitrogens with two attached hydrogens (primary N) is 1. The Morgan fingerprint density at radius 1 is 1.05 bits per heavy atom. The van der Waals surface area contributed by atoms with E-state index in [1.54, 1.807) is 23.7 Å². The molecule has 0 aliphatic carbocycles. The molecule has 0 saturated heterocycles. The molecule has 0 bridgehead atoms. The average Bonchev–Trinajstić information content (AvgIpc) is 3.03. The van der Waals surface area contributed by atoms with E-state index in [0.717, 1.165) is 40.5 Å². The Morgan fingerprint density at radius 2 is 1.82 bits per heavy atom. The van der Waals surface area contributed by atoms with Crippen molar-refractivity contribution in [1.82, 2.24) is 9.97 Å². The van der Waals surface area contributed by atoms with Gasteiger partial charge in [-0.2, -0.15) is 0 Å². The highest BCUT2D eigenvalue weighted by molar-refractivity contribution is 7.09. The SMILES string of the molecule is Nc1ccc(OCCCc2nc(-c3ccncc3)cs2)cc1. The van der Waals surface area contributed by atoms with Gasteiger partial charge in [-0.05, 0) is 42.8 Å². The topological polar surface area (TPSA) is 61.0 Å². The van der Waals surface area contributed by atoms with Gasteiger partial charge in [-0.1, -0.05) is 0 Å². The molecule has 3 aromatic rings. The molecule has 2 heterocycles. The maximum Gasteiger partial charge on any atom is 0.119 e. The predicted molar refractivity (Wildman–Crippen MR) is 90.0 cm³/mol. The highest BCUT2D eigenvalue weighted by atomic mass is 32.1. The van der Waals surface area contributed by atoms with E-state index >= 15 is 0 Å². The predicted octanol–water partition coefficient (Wildman–Crippen LogP) is 3.80. The Bertz CT molecular complexity index is 710. The summed E-state index contributed by atoms with van der Waals surface area (Å²) in [5.41, 5.74) is 8.51. The van der Waals surface area contributed by atoms with Crippen molar-refractivity contribution in [3.05, 3.63) is 59.2 Å². The molecule has 0 atom stereocenters. The second-order valence-electron chi connectivity index (χ2n) is 4.88. The van der Waals surface area contributed by atoms with Crippen LogP contribution in [0.4, 0.5) is 5.69 Å².